The molecule has 0 amide bonds. The number of ketones is 1. The molecule has 0 radical (unpaired) electrons. The number of hydrogen-bond donors (Lipinski definition) is 0. The van der Waals surface area contributed by atoms with Crippen molar-refractivity contribution in [2.45, 2.75) is 6.61 Å². The van der Waals surface area contributed by atoms with Crippen LogP contribution >= 0.6 is 0 Å². The molecule has 0 aliphatic carbocycles. The highest BCUT2D eigenvalue weighted by molar-refractivity contribution is 6.06. The van der Waals surface area contributed by atoms with Gasteiger partial charge in [-0.15, -0.1) is 0 Å². The van der Waals surface area contributed by atoms with Crippen LogP contribution in [-0.2, 0) is 6.61 Å². The van der Waals surface area contributed by atoms with Crippen molar-refractivity contribution in [3.8, 4) is 5.75 Å². The largest absolute Gasteiger partial charge is 0.489 e. The first-order valence-electron chi connectivity index (χ1n) is 7.81. The molecular formula is C21H16FNO2. The minimum absolute atomic E-state index is 0.104. The van der Waals surface area contributed by atoms with Crippen molar-refractivity contribution in [1.82, 2.24) is 4.98 Å². The lowest BCUT2D eigenvalue weighted by Gasteiger charge is -2.07. The van der Waals surface area contributed by atoms with Crippen LogP contribution in [-0.4, -0.2) is 10.8 Å². The molecule has 3 rings (SSSR count). The fourth-order valence-corrected chi connectivity index (χ4v) is 2.23. The maximum absolute atomic E-state index is 13.5. The predicted octanol–water partition coefficient (Wildman–Crippen LogP) is 4.70. The van der Waals surface area contributed by atoms with Gasteiger partial charge in [-0.2, -0.15) is 0 Å². The van der Waals surface area contributed by atoms with Crippen LogP contribution in [0.25, 0.3) is 6.08 Å². The van der Waals surface area contributed by atoms with Gasteiger partial charge in [0.1, 0.15) is 18.2 Å². The van der Waals surface area contributed by atoms with Gasteiger partial charge in [-0.25, -0.2) is 4.39 Å². The van der Waals surface area contributed by atoms with Crippen molar-refractivity contribution >= 4 is 11.9 Å². The topological polar surface area (TPSA) is 39.2 Å². The number of allylic oxidation sites excluding steroid dienone is 1. The Morgan fingerprint density at radius 1 is 1.04 bits per heavy atom. The second kappa shape index (κ2) is 8.02. The smallest absolute Gasteiger partial charge is 0.187 e. The lowest BCUT2D eigenvalue weighted by Crippen LogP contribution is -1.98. The molecule has 2 aromatic carbocycles. The van der Waals surface area contributed by atoms with Gasteiger partial charge in [0.05, 0.1) is 0 Å². The molecule has 0 bridgehead atoms. The highest BCUT2D eigenvalue weighted by atomic mass is 19.1. The van der Waals surface area contributed by atoms with Gasteiger partial charge in [-0.05, 0) is 42.0 Å². The van der Waals surface area contributed by atoms with E-state index in [1.807, 2.05) is 12.1 Å². The van der Waals surface area contributed by atoms with Crippen LogP contribution < -0.4 is 4.74 Å². The Kier molecular flexibility index (Phi) is 5.32. The van der Waals surface area contributed by atoms with Gasteiger partial charge in [0.15, 0.2) is 5.78 Å². The first-order chi connectivity index (χ1) is 12.2. The first kappa shape index (κ1) is 16.6. The van der Waals surface area contributed by atoms with Crippen molar-refractivity contribution in [2.75, 3.05) is 0 Å². The van der Waals surface area contributed by atoms with Crippen LogP contribution in [0.4, 0.5) is 4.39 Å². The van der Waals surface area contributed by atoms with Gasteiger partial charge in [-0.3, -0.25) is 9.78 Å². The highest BCUT2D eigenvalue weighted by Crippen LogP contribution is 2.16. The van der Waals surface area contributed by atoms with Gasteiger partial charge < -0.3 is 4.74 Å². The minimum atomic E-state index is -0.282. The summed E-state index contributed by atoms with van der Waals surface area (Å²) in [6, 6.07) is 17.2. The number of pyridine rings is 1. The summed E-state index contributed by atoms with van der Waals surface area (Å²) in [5.74, 6) is 0.253. The minimum Gasteiger partial charge on any atom is -0.489 e. The highest BCUT2D eigenvalue weighted by Gasteiger charge is 2.02. The van der Waals surface area contributed by atoms with E-state index < -0.39 is 0 Å². The zero-order valence-electron chi connectivity index (χ0n) is 13.4. The maximum Gasteiger partial charge on any atom is 0.187 e. The molecule has 1 heterocycles. The zero-order chi connectivity index (χ0) is 17.5. The summed E-state index contributed by atoms with van der Waals surface area (Å²) in [6.45, 7) is 0.168. The number of benzene rings is 2. The molecule has 0 saturated heterocycles. The third-order valence-electron chi connectivity index (χ3n) is 3.61. The number of hydrogen-bond acceptors (Lipinski definition) is 3. The standard InChI is InChI=1S/C21H16FNO2/c22-20-6-2-1-4-18(20)15-25-19-10-7-16(8-11-19)9-12-21(24)17-5-3-13-23-14-17/h1-14H,15H2. The van der Waals surface area contributed by atoms with Crippen LogP contribution in [0.2, 0.25) is 0 Å². The summed E-state index contributed by atoms with van der Waals surface area (Å²) in [6.07, 6.45) is 6.40. The van der Waals surface area contributed by atoms with E-state index in [4.69, 9.17) is 4.74 Å². The van der Waals surface area contributed by atoms with E-state index in [1.54, 1.807) is 54.7 Å². The predicted molar refractivity (Wildman–Crippen MR) is 94.8 cm³/mol. The number of ether oxygens (including phenoxy) is 1. The Morgan fingerprint density at radius 2 is 1.84 bits per heavy atom. The molecule has 0 unspecified atom stereocenters. The number of aromatic nitrogens is 1. The van der Waals surface area contributed by atoms with E-state index in [1.165, 1.54) is 18.3 Å². The Balaban J connectivity index is 1.60. The van der Waals surface area contributed by atoms with Crippen LogP contribution in [0, 0.1) is 5.82 Å². The molecular weight excluding hydrogens is 317 g/mol. The molecule has 0 atom stereocenters. The molecule has 3 nitrogen and oxygen atoms in total. The van der Waals surface area contributed by atoms with E-state index in [-0.39, 0.29) is 18.2 Å². The summed E-state index contributed by atoms with van der Waals surface area (Å²) < 4.78 is 19.1. The lowest BCUT2D eigenvalue weighted by atomic mass is 10.1. The average Bonchev–Trinajstić information content (AvgIpc) is 2.67. The molecule has 0 N–H and O–H groups in total. The van der Waals surface area contributed by atoms with Crippen molar-refractivity contribution in [2.24, 2.45) is 0 Å². The third kappa shape index (κ3) is 4.61. The molecule has 25 heavy (non-hydrogen) atoms. The van der Waals surface area contributed by atoms with Crippen molar-refractivity contribution in [1.29, 1.82) is 0 Å². The summed E-state index contributed by atoms with van der Waals surface area (Å²) >= 11 is 0. The van der Waals surface area contributed by atoms with Gasteiger partial charge in [0, 0.05) is 23.5 Å². The van der Waals surface area contributed by atoms with Crippen LogP contribution in [0.5, 0.6) is 5.75 Å². The normalized spacial score (nSPS) is 10.8. The molecule has 3 aromatic rings. The Morgan fingerprint density at radius 3 is 2.56 bits per heavy atom. The third-order valence-corrected chi connectivity index (χ3v) is 3.61. The quantitative estimate of drug-likeness (QED) is 0.485. The van der Waals surface area contributed by atoms with E-state index in [2.05, 4.69) is 4.98 Å². The van der Waals surface area contributed by atoms with Gasteiger partial charge >= 0.3 is 0 Å². The van der Waals surface area contributed by atoms with Crippen LogP contribution in [0.15, 0.2) is 79.1 Å². The van der Waals surface area contributed by atoms with E-state index in [0.29, 0.717) is 16.9 Å². The second-order valence-corrected chi connectivity index (χ2v) is 5.39. The van der Waals surface area contributed by atoms with Crippen molar-refractivity contribution in [3.05, 3.63) is 102 Å². The first-order valence-corrected chi connectivity index (χ1v) is 7.81. The molecule has 0 saturated carbocycles. The van der Waals surface area contributed by atoms with Gasteiger partial charge in [0.25, 0.3) is 0 Å². The zero-order valence-corrected chi connectivity index (χ0v) is 13.4. The second-order valence-electron chi connectivity index (χ2n) is 5.39. The average molecular weight is 333 g/mol. The number of carbonyl (C=O) groups excluding carboxylic acids is 1. The Labute approximate surface area is 145 Å². The SMILES string of the molecule is O=C(C=Cc1ccc(OCc2ccccc2F)cc1)c1cccnc1. The molecule has 124 valence electrons. The molecule has 0 fully saturated rings. The lowest BCUT2D eigenvalue weighted by molar-refractivity contribution is 0.104. The van der Waals surface area contributed by atoms with Crippen LogP contribution in [0.3, 0.4) is 0 Å². The Hall–Kier alpha value is -3.27. The molecule has 0 aliphatic rings. The summed E-state index contributed by atoms with van der Waals surface area (Å²) in [5.41, 5.74) is 1.92. The number of carbonyl (C=O) groups is 1. The fourth-order valence-electron chi connectivity index (χ4n) is 2.23. The summed E-state index contributed by atoms with van der Waals surface area (Å²) in [7, 11) is 0. The molecule has 1 aromatic heterocycles. The fraction of sp³-hybridized carbons (Fsp3) is 0.0476. The monoisotopic (exact) mass is 333 g/mol. The van der Waals surface area contributed by atoms with E-state index >= 15 is 0 Å². The van der Waals surface area contributed by atoms with Crippen molar-refractivity contribution < 1.29 is 13.9 Å². The number of nitrogens with zero attached hydrogens (tertiary/aromatic N) is 1. The Bertz CT molecular complexity index is 874. The molecule has 0 spiro atoms. The van der Waals surface area contributed by atoms with Gasteiger partial charge in [0.2, 0.25) is 0 Å². The maximum atomic E-state index is 13.5. The summed E-state index contributed by atoms with van der Waals surface area (Å²) in [4.78, 5) is 15.9. The van der Waals surface area contributed by atoms with Gasteiger partial charge in [-0.1, -0.05) is 36.4 Å². The molecule has 0 aliphatic heterocycles. The molecule has 4 heteroatoms. The van der Waals surface area contributed by atoms with E-state index in [0.717, 1.165) is 5.56 Å². The number of halogens is 1. The van der Waals surface area contributed by atoms with Crippen molar-refractivity contribution in [3.63, 3.8) is 0 Å². The van der Waals surface area contributed by atoms with E-state index in [9.17, 15) is 9.18 Å². The number of rotatable bonds is 6. The summed E-state index contributed by atoms with van der Waals surface area (Å²) in [5, 5.41) is 0. The van der Waals surface area contributed by atoms with Crippen LogP contribution in [0.1, 0.15) is 21.5 Å².